The Bertz CT molecular complexity index is 770. The molecule has 25 heavy (non-hydrogen) atoms. The Kier molecular flexibility index (Phi) is 4.03. The number of aryl methyl sites for hydroxylation is 1. The molecule has 1 aliphatic carbocycles. The molecule has 1 atom stereocenters. The number of aromatic amines is 1. The summed E-state index contributed by atoms with van der Waals surface area (Å²) in [5, 5.41) is 6.97. The van der Waals surface area contributed by atoms with Crippen molar-refractivity contribution in [1.29, 1.82) is 0 Å². The Labute approximate surface area is 145 Å². The Balaban J connectivity index is 1.55. The van der Waals surface area contributed by atoms with Crippen molar-refractivity contribution in [2.75, 3.05) is 19.7 Å². The van der Waals surface area contributed by atoms with E-state index < -0.39 is 5.41 Å². The summed E-state index contributed by atoms with van der Waals surface area (Å²) < 4.78 is 19.0. The van der Waals surface area contributed by atoms with E-state index in [1.807, 2.05) is 11.8 Å². The van der Waals surface area contributed by atoms with Crippen LogP contribution in [0.25, 0.3) is 0 Å². The summed E-state index contributed by atoms with van der Waals surface area (Å²) in [6, 6.07) is 6.34. The first kappa shape index (κ1) is 16.2. The summed E-state index contributed by atoms with van der Waals surface area (Å²) in [5.41, 5.74) is 0.381. The third-order valence-corrected chi connectivity index (χ3v) is 5.27. The van der Waals surface area contributed by atoms with Gasteiger partial charge in [-0.2, -0.15) is 5.10 Å². The van der Waals surface area contributed by atoms with Gasteiger partial charge >= 0.3 is 0 Å². The third kappa shape index (κ3) is 2.82. The number of morpholine rings is 1. The number of rotatable bonds is 3. The highest BCUT2D eigenvalue weighted by molar-refractivity contribution is 5.89. The van der Waals surface area contributed by atoms with Gasteiger partial charge in [-0.05, 0) is 37.5 Å². The molecule has 2 heterocycles. The third-order valence-electron chi connectivity index (χ3n) is 5.27. The molecule has 1 saturated carbocycles. The molecule has 4 rings (SSSR count). The smallest absolute Gasteiger partial charge is 0.233 e. The van der Waals surface area contributed by atoms with E-state index in [2.05, 4.69) is 15.2 Å². The normalized spacial score (nSPS) is 22.5. The molecule has 132 valence electrons. The second-order valence-electron chi connectivity index (χ2n) is 6.83. The number of hydrogen-bond donors (Lipinski definition) is 1. The van der Waals surface area contributed by atoms with Gasteiger partial charge in [0.05, 0.1) is 18.6 Å². The van der Waals surface area contributed by atoms with Gasteiger partial charge in [-0.1, -0.05) is 18.6 Å². The minimum absolute atomic E-state index is 0.103. The SMILES string of the molecule is Cc1nc([C@H]2CN(C(=O)C3(c4ccc(F)cc4)CCC3)CCO2)n[nH]1. The number of H-pyrrole nitrogens is 1. The fraction of sp³-hybridized carbons (Fsp3) is 0.500. The van der Waals surface area contributed by atoms with Crippen LogP contribution in [0.5, 0.6) is 0 Å². The van der Waals surface area contributed by atoms with Crippen LogP contribution < -0.4 is 0 Å². The van der Waals surface area contributed by atoms with Crippen molar-refractivity contribution < 1.29 is 13.9 Å². The van der Waals surface area contributed by atoms with E-state index in [1.165, 1.54) is 12.1 Å². The number of carbonyl (C=O) groups is 1. The number of nitrogens with zero attached hydrogens (tertiary/aromatic N) is 3. The summed E-state index contributed by atoms with van der Waals surface area (Å²) in [5.74, 6) is 1.13. The maximum absolute atomic E-state index is 13.3. The van der Waals surface area contributed by atoms with Crippen LogP contribution in [0.15, 0.2) is 24.3 Å². The molecule has 0 radical (unpaired) electrons. The molecule has 0 spiro atoms. The van der Waals surface area contributed by atoms with E-state index in [1.54, 1.807) is 12.1 Å². The first-order valence-electron chi connectivity index (χ1n) is 8.64. The molecule has 1 amide bonds. The predicted molar refractivity (Wildman–Crippen MR) is 88.3 cm³/mol. The van der Waals surface area contributed by atoms with Gasteiger partial charge in [-0.3, -0.25) is 9.89 Å². The summed E-state index contributed by atoms with van der Waals surface area (Å²) in [6.45, 7) is 3.30. The van der Waals surface area contributed by atoms with Crippen molar-refractivity contribution in [2.45, 2.75) is 37.7 Å². The quantitative estimate of drug-likeness (QED) is 0.927. The van der Waals surface area contributed by atoms with Crippen LogP contribution >= 0.6 is 0 Å². The molecule has 2 fully saturated rings. The largest absolute Gasteiger partial charge is 0.366 e. The van der Waals surface area contributed by atoms with Crippen LogP contribution in [0.2, 0.25) is 0 Å². The van der Waals surface area contributed by atoms with E-state index in [9.17, 15) is 9.18 Å². The lowest BCUT2D eigenvalue weighted by Crippen LogP contribution is -2.54. The highest BCUT2D eigenvalue weighted by Gasteiger charge is 2.48. The first-order valence-corrected chi connectivity index (χ1v) is 8.64. The molecule has 2 aromatic rings. The molecule has 0 bridgehead atoms. The van der Waals surface area contributed by atoms with Crippen LogP contribution in [-0.4, -0.2) is 45.7 Å². The molecule has 1 aromatic heterocycles. The van der Waals surface area contributed by atoms with Gasteiger partial charge in [0, 0.05) is 6.54 Å². The number of benzene rings is 1. The van der Waals surface area contributed by atoms with Crippen molar-refractivity contribution in [2.24, 2.45) is 0 Å². The summed E-state index contributed by atoms with van der Waals surface area (Å²) in [7, 11) is 0. The van der Waals surface area contributed by atoms with Gasteiger partial charge in [0.1, 0.15) is 17.7 Å². The van der Waals surface area contributed by atoms with Gasteiger partial charge in [0.25, 0.3) is 0 Å². The average molecular weight is 344 g/mol. The molecule has 2 aliphatic rings. The van der Waals surface area contributed by atoms with Crippen molar-refractivity contribution in [3.8, 4) is 0 Å². The zero-order valence-corrected chi connectivity index (χ0v) is 14.2. The van der Waals surface area contributed by atoms with E-state index in [0.717, 1.165) is 30.7 Å². The fourth-order valence-corrected chi connectivity index (χ4v) is 3.72. The van der Waals surface area contributed by atoms with Crippen LogP contribution in [0.1, 0.15) is 42.6 Å². The number of carbonyl (C=O) groups excluding carboxylic acids is 1. The average Bonchev–Trinajstić information content (AvgIpc) is 3.02. The van der Waals surface area contributed by atoms with Crippen molar-refractivity contribution in [3.05, 3.63) is 47.3 Å². The van der Waals surface area contributed by atoms with Gasteiger partial charge < -0.3 is 9.64 Å². The highest BCUT2D eigenvalue weighted by Crippen LogP contribution is 2.45. The lowest BCUT2D eigenvalue weighted by molar-refractivity contribution is -0.149. The van der Waals surface area contributed by atoms with Crippen LogP contribution in [0.3, 0.4) is 0 Å². The van der Waals surface area contributed by atoms with Gasteiger partial charge in [0.15, 0.2) is 5.82 Å². The maximum atomic E-state index is 13.3. The Hall–Kier alpha value is -2.28. The van der Waals surface area contributed by atoms with Crippen LogP contribution in [0, 0.1) is 12.7 Å². The van der Waals surface area contributed by atoms with Crippen LogP contribution in [0.4, 0.5) is 4.39 Å². The van der Waals surface area contributed by atoms with Crippen molar-refractivity contribution in [3.63, 3.8) is 0 Å². The van der Waals surface area contributed by atoms with Crippen molar-refractivity contribution >= 4 is 5.91 Å². The minimum atomic E-state index is -0.523. The van der Waals surface area contributed by atoms with E-state index in [0.29, 0.717) is 25.5 Å². The molecular formula is C18H21FN4O2. The minimum Gasteiger partial charge on any atom is -0.366 e. The number of hydrogen-bond acceptors (Lipinski definition) is 4. The van der Waals surface area contributed by atoms with Crippen molar-refractivity contribution in [1.82, 2.24) is 20.1 Å². The molecule has 1 aromatic carbocycles. The first-order chi connectivity index (χ1) is 12.1. The monoisotopic (exact) mass is 344 g/mol. The second kappa shape index (κ2) is 6.22. The van der Waals surface area contributed by atoms with Gasteiger partial charge in [0.2, 0.25) is 5.91 Å². The Morgan fingerprint density at radius 2 is 2.12 bits per heavy atom. The Morgan fingerprint density at radius 1 is 1.36 bits per heavy atom. The summed E-state index contributed by atoms with van der Waals surface area (Å²) >= 11 is 0. The van der Waals surface area contributed by atoms with E-state index >= 15 is 0 Å². The lowest BCUT2D eigenvalue weighted by atomic mass is 9.63. The number of amides is 1. The predicted octanol–water partition coefficient (Wildman–Crippen LogP) is 2.27. The topological polar surface area (TPSA) is 71.1 Å². The number of nitrogens with one attached hydrogen (secondary N) is 1. The summed E-state index contributed by atoms with van der Waals surface area (Å²) in [4.78, 5) is 19.5. The highest BCUT2D eigenvalue weighted by atomic mass is 19.1. The zero-order chi connectivity index (χ0) is 17.4. The summed E-state index contributed by atoms with van der Waals surface area (Å²) in [6.07, 6.45) is 2.31. The fourth-order valence-electron chi connectivity index (χ4n) is 3.72. The molecule has 1 N–H and O–H groups in total. The van der Waals surface area contributed by atoms with Crippen LogP contribution in [-0.2, 0) is 14.9 Å². The second-order valence-corrected chi connectivity index (χ2v) is 6.83. The standard InChI is InChI=1S/C18H21FN4O2/c1-12-20-16(22-21-12)15-11-23(9-10-25-15)17(24)18(7-2-8-18)13-3-5-14(19)6-4-13/h3-6,15H,2,7-11H2,1H3,(H,20,21,22)/t15-/m1/s1. The van der Waals surface area contributed by atoms with Gasteiger partial charge in [-0.15, -0.1) is 0 Å². The molecule has 7 heteroatoms. The van der Waals surface area contributed by atoms with Gasteiger partial charge in [-0.25, -0.2) is 9.37 Å². The van der Waals surface area contributed by atoms with E-state index in [-0.39, 0.29) is 17.8 Å². The molecule has 1 aliphatic heterocycles. The Morgan fingerprint density at radius 3 is 2.72 bits per heavy atom. The van der Waals surface area contributed by atoms with E-state index in [4.69, 9.17) is 4.74 Å². The molecular weight excluding hydrogens is 323 g/mol. The maximum Gasteiger partial charge on any atom is 0.233 e. The number of aromatic nitrogens is 3. The lowest BCUT2D eigenvalue weighted by Gasteiger charge is -2.45. The molecule has 0 unspecified atom stereocenters. The number of halogens is 1. The molecule has 1 saturated heterocycles. The molecule has 6 nitrogen and oxygen atoms in total. The zero-order valence-electron chi connectivity index (χ0n) is 14.2. The number of ether oxygens (including phenoxy) is 1.